The van der Waals surface area contributed by atoms with E-state index < -0.39 is 0 Å². The number of esters is 1. The molecule has 0 saturated carbocycles. The van der Waals surface area contributed by atoms with E-state index in [1.165, 1.54) is 6.42 Å². The number of nitrogens with zero attached hydrogens (tertiary/aromatic N) is 4. The van der Waals surface area contributed by atoms with Crippen LogP contribution < -0.4 is 0 Å². The Hall–Kier alpha value is -2.15. The van der Waals surface area contributed by atoms with Crippen LogP contribution in [0.4, 0.5) is 0 Å². The van der Waals surface area contributed by atoms with Crippen LogP contribution in [-0.2, 0) is 20.8 Å². The summed E-state index contributed by atoms with van der Waals surface area (Å²) in [5, 5.41) is 8.69. The lowest BCUT2D eigenvalue weighted by Crippen LogP contribution is -2.18. The van der Waals surface area contributed by atoms with Crippen molar-refractivity contribution in [2.45, 2.75) is 45.4 Å². The van der Waals surface area contributed by atoms with Crippen LogP contribution >= 0.6 is 0 Å². The SMILES string of the molecule is CCOC(=O)CCn1cc(-c2cnn(C3CCCCO3)c2)cn1. The summed E-state index contributed by atoms with van der Waals surface area (Å²) in [5.74, 6) is -0.202. The molecule has 1 atom stereocenters. The number of carbonyl (C=O) groups excluding carboxylic acids is 1. The number of aromatic nitrogens is 4. The van der Waals surface area contributed by atoms with E-state index in [-0.39, 0.29) is 12.2 Å². The molecule has 7 heteroatoms. The Kier molecular flexibility index (Phi) is 5.07. The van der Waals surface area contributed by atoms with Gasteiger partial charge in [-0.3, -0.25) is 9.48 Å². The molecule has 0 spiro atoms. The van der Waals surface area contributed by atoms with E-state index in [9.17, 15) is 4.79 Å². The van der Waals surface area contributed by atoms with Crippen LogP contribution in [0.3, 0.4) is 0 Å². The predicted molar refractivity (Wildman–Crippen MR) is 83.5 cm³/mol. The first-order valence-electron chi connectivity index (χ1n) is 8.10. The molecular weight excluding hydrogens is 296 g/mol. The summed E-state index contributed by atoms with van der Waals surface area (Å²) >= 11 is 0. The molecule has 124 valence electrons. The van der Waals surface area contributed by atoms with E-state index >= 15 is 0 Å². The van der Waals surface area contributed by atoms with Crippen molar-refractivity contribution in [3.63, 3.8) is 0 Å². The fourth-order valence-corrected chi connectivity index (χ4v) is 2.65. The quantitative estimate of drug-likeness (QED) is 0.765. The van der Waals surface area contributed by atoms with Gasteiger partial charge in [0.1, 0.15) is 6.23 Å². The summed E-state index contributed by atoms with van der Waals surface area (Å²) in [7, 11) is 0. The maximum atomic E-state index is 11.4. The molecule has 1 aliphatic heterocycles. The van der Waals surface area contributed by atoms with E-state index in [1.807, 2.05) is 23.3 Å². The molecule has 1 fully saturated rings. The van der Waals surface area contributed by atoms with E-state index in [2.05, 4.69) is 10.2 Å². The van der Waals surface area contributed by atoms with Gasteiger partial charge >= 0.3 is 5.97 Å². The normalized spacial score (nSPS) is 18.0. The monoisotopic (exact) mass is 318 g/mol. The number of ether oxygens (including phenoxy) is 2. The third-order valence-corrected chi connectivity index (χ3v) is 3.87. The van der Waals surface area contributed by atoms with Crippen LogP contribution in [0.2, 0.25) is 0 Å². The van der Waals surface area contributed by atoms with Crippen molar-refractivity contribution in [2.75, 3.05) is 13.2 Å². The van der Waals surface area contributed by atoms with Crippen molar-refractivity contribution in [2.24, 2.45) is 0 Å². The lowest BCUT2D eigenvalue weighted by molar-refractivity contribution is -0.143. The first kappa shape index (κ1) is 15.7. The van der Waals surface area contributed by atoms with E-state index in [0.29, 0.717) is 19.6 Å². The second-order valence-corrected chi connectivity index (χ2v) is 5.58. The van der Waals surface area contributed by atoms with Crippen LogP contribution in [0.25, 0.3) is 11.1 Å². The fraction of sp³-hybridized carbons (Fsp3) is 0.562. The Bertz CT molecular complexity index is 643. The minimum Gasteiger partial charge on any atom is -0.466 e. The molecule has 0 amide bonds. The summed E-state index contributed by atoms with van der Waals surface area (Å²) in [6, 6.07) is 0. The Morgan fingerprint density at radius 1 is 1.30 bits per heavy atom. The maximum Gasteiger partial charge on any atom is 0.307 e. The molecule has 1 aliphatic rings. The molecule has 0 bridgehead atoms. The lowest BCUT2D eigenvalue weighted by atomic mass is 10.2. The van der Waals surface area contributed by atoms with Gasteiger partial charge in [-0.25, -0.2) is 4.68 Å². The highest BCUT2D eigenvalue weighted by Crippen LogP contribution is 2.25. The Morgan fingerprint density at radius 2 is 2.13 bits per heavy atom. The van der Waals surface area contributed by atoms with Gasteiger partial charge in [0.2, 0.25) is 0 Å². The Labute approximate surface area is 135 Å². The third kappa shape index (κ3) is 3.98. The van der Waals surface area contributed by atoms with Gasteiger partial charge in [-0.2, -0.15) is 10.2 Å². The molecule has 0 N–H and O–H groups in total. The minimum atomic E-state index is -0.202. The molecule has 2 aromatic rings. The molecule has 3 rings (SSSR count). The number of carbonyl (C=O) groups is 1. The average Bonchev–Trinajstić information content (AvgIpc) is 3.23. The highest BCUT2D eigenvalue weighted by molar-refractivity contribution is 5.69. The topological polar surface area (TPSA) is 71.2 Å². The second-order valence-electron chi connectivity index (χ2n) is 5.58. The van der Waals surface area contributed by atoms with Gasteiger partial charge in [0.15, 0.2) is 0 Å². The lowest BCUT2D eigenvalue weighted by Gasteiger charge is -2.22. The summed E-state index contributed by atoms with van der Waals surface area (Å²) in [6.07, 6.45) is 11.2. The summed E-state index contributed by atoms with van der Waals surface area (Å²) in [5.41, 5.74) is 1.98. The molecule has 23 heavy (non-hydrogen) atoms. The highest BCUT2D eigenvalue weighted by atomic mass is 16.5. The van der Waals surface area contributed by atoms with Gasteiger partial charge in [0.05, 0.1) is 32.0 Å². The van der Waals surface area contributed by atoms with Crippen LogP contribution in [-0.4, -0.2) is 38.7 Å². The van der Waals surface area contributed by atoms with Gasteiger partial charge in [0, 0.05) is 30.1 Å². The predicted octanol–water partition coefficient (Wildman–Crippen LogP) is 2.40. The number of rotatable bonds is 6. The largest absolute Gasteiger partial charge is 0.466 e. The van der Waals surface area contributed by atoms with Crippen LogP contribution in [0, 0.1) is 0 Å². The minimum absolute atomic E-state index is 0.0383. The van der Waals surface area contributed by atoms with Crippen LogP contribution in [0.5, 0.6) is 0 Å². The van der Waals surface area contributed by atoms with Crippen molar-refractivity contribution in [1.82, 2.24) is 19.6 Å². The standard InChI is InChI=1S/C16H22N4O3/c1-2-22-16(21)6-7-19-11-13(9-17-19)14-10-18-20(12-14)15-5-3-4-8-23-15/h9-12,15H,2-8H2,1H3. The van der Waals surface area contributed by atoms with Crippen molar-refractivity contribution < 1.29 is 14.3 Å². The summed E-state index contributed by atoms with van der Waals surface area (Å²) in [6.45, 7) is 3.52. The first-order valence-corrected chi connectivity index (χ1v) is 8.10. The molecule has 3 heterocycles. The molecule has 1 saturated heterocycles. The van der Waals surface area contributed by atoms with Crippen molar-refractivity contribution in [3.05, 3.63) is 24.8 Å². The number of aryl methyl sites for hydroxylation is 1. The zero-order chi connectivity index (χ0) is 16.1. The zero-order valence-electron chi connectivity index (χ0n) is 13.4. The highest BCUT2D eigenvalue weighted by Gasteiger charge is 2.17. The summed E-state index contributed by atoms with van der Waals surface area (Å²) < 4.78 is 14.3. The molecule has 0 radical (unpaired) electrons. The van der Waals surface area contributed by atoms with Gasteiger partial charge in [-0.05, 0) is 26.2 Å². The molecular formula is C16H22N4O3. The van der Waals surface area contributed by atoms with Crippen LogP contribution in [0.15, 0.2) is 24.8 Å². The smallest absolute Gasteiger partial charge is 0.307 e. The molecule has 7 nitrogen and oxygen atoms in total. The van der Waals surface area contributed by atoms with E-state index in [0.717, 1.165) is 30.6 Å². The maximum absolute atomic E-state index is 11.4. The molecule has 0 aliphatic carbocycles. The Morgan fingerprint density at radius 3 is 2.91 bits per heavy atom. The number of hydrogen-bond donors (Lipinski definition) is 0. The van der Waals surface area contributed by atoms with Gasteiger partial charge in [0.25, 0.3) is 0 Å². The van der Waals surface area contributed by atoms with Gasteiger partial charge in [-0.15, -0.1) is 0 Å². The third-order valence-electron chi connectivity index (χ3n) is 3.87. The van der Waals surface area contributed by atoms with E-state index in [1.54, 1.807) is 17.8 Å². The number of hydrogen-bond acceptors (Lipinski definition) is 5. The first-order chi connectivity index (χ1) is 11.3. The molecule has 1 unspecified atom stereocenters. The van der Waals surface area contributed by atoms with Crippen molar-refractivity contribution in [1.29, 1.82) is 0 Å². The zero-order valence-corrected chi connectivity index (χ0v) is 13.4. The van der Waals surface area contributed by atoms with Gasteiger partial charge in [-0.1, -0.05) is 0 Å². The second kappa shape index (κ2) is 7.41. The average molecular weight is 318 g/mol. The Balaban J connectivity index is 1.61. The summed E-state index contributed by atoms with van der Waals surface area (Å²) in [4.78, 5) is 11.4. The van der Waals surface area contributed by atoms with Gasteiger partial charge < -0.3 is 9.47 Å². The molecule has 0 aromatic carbocycles. The van der Waals surface area contributed by atoms with Crippen molar-refractivity contribution in [3.8, 4) is 11.1 Å². The fourth-order valence-electron chi connectivity index (χ4n) is 2.65. The van der Waals surface area contributed by atoms with Crippen LogP contribution in [0.1, 0.15) is 38.8 Å². The van der Waals surface area contributed by atoms with E-state index in [4.69, 9.17) is 9.47 Å². The molecule has 2 aromatic heterocycles. The van der Waals surface area contributed by atoms with Crippen molar-refractivity contribution >= 4 is 5.97 Å².